The molecule has 1 saturated carbocycles. The van der Waals surface area contributed by atoms with Gasteiger partial charge in [-0.2, -0.15) is 0 Å². The molecule has 0 radical (unpaired) electrons. The molecule has 38 heavy (non-hydrogen) atoms. The number of aromatic amines is 1. The van der Waals surface area contributed by atoms with Crippen molar-refractivity contribution in [1.29, 1.82) is 0 Å². The number of carbonyl (C=O) groups is 2. The Morgan fingerprint density at radius 3 is 2.50 bits per heavy atom. The second-order valence-electron chi connectivity index (χ2n) is 12.1. The van der Waals surface area contributed by atoms with Gasteiger partial charge in [0.2, 0.25) is 5.91 Å². The van der Waals surface area contributed by atoms with E-state index in [2.05, 4.69) is 27.5 Å². The molecule has 2 aromatic rings. The van der Waals surface area contributed by atoms with Crippen LogP contribution in [0.15, 0.2) is 18.2 Å². The van der Waals surface area contributed by atoms with E-state index in [0.717, 1.165) is 87.8 Å². The van der Waals surface area contributed by atoms with Crippen molar-refractivity contribution < 1.29 is 19.1 Å². The average molecular weight is 520 g/mol. The highest BCUT2D eigenvalue weighted by atomic mass is 16.5. The minimum absolute atomic E-state index is 0.00566. The van der Waals surface area contributed by atoms with Crippen LogP contribution in [0.4, 0.5) is 0 Å². The van der Waals surface area contributed by atoms with Crippen LogP contribution in [0, 0.1) is 23.7 Å². The number of benzene rings is 1. The summed E-state index contributed by atoms with van der Waals surface area (Å²) in [6.07, 6.45) is 6.81. The smallest absolute Gasteiger partial charge is 0.254 e. The molecule has 2 aliphatic carbocycles. The fourth-order valence-corrected chi connectivity index (χ4v) is 6.89. The molecular formula is C29H37N5O4. The van der Waals surface area contributed by atoms with Crippen molar-refractivity contribution in [3.05, 3.63) is 40.7 Å². The molecule has 1 N–H and O–H groups in total. The first-order chi connectivity index (χ1) is 18.6. The van der Waals surface area contributed by atoms with Crippen molar-refractivity contribution in [3.63, 3.8) is 0 Å². The number of rotatable bonds is 6. The molecule has 1 aromatic carbocycles. The summed E-state index contributed by atoms with van der Waals surface area (Å²) in [7, 11) is 0. The second-order valence-corrected chi connectivity index (χ2v) is 12.1. The number of nitrogens with zero attached hydrogens (tertiary/aromatic N) is 4. The van der Waals surface area contributed by atoms with Gasteiger partial charge in [0.25, 0.3) is 5.91 Å². The van der Waals surface area contributed by atoms with E-state index in [1.807, 2.05) is 15.9 Å². The molecule has 4 fully saturated rings. The zero-order valence-corrected chi connectivity index (χ0v) is 21.9. The molecule has 1 aromatic heterocycles. The Labute approximate surface area is 223 Å². The first-order valence-electron chi connectivity index (χ1n) is 14.4. The number of fused-ring (bicyclic) bond motifs is 2. The maximum atomic E-state index is 13.6. The number of hydrogen-bond acceptors (Lipinski definition) is 6. The maximum absolute atomic E-state index is 13.6. The van der Waals surface area contributed by atoms with E-state index < -0.39 is 0 Å². The predicted octanol–water partition coefficient (Wildman–Crippen LogP) is 2.82. The topological polar surface area (TPSA) is 101 Å². The maximum Gasteiger partial charge on any atom is 0.254 e. The molecular weight excluding hydrogens is 482 g/mol. The standard InChI is InChI=1S/C29H37N5O4/c35-28(20-3-4-26-27(12-20)31-32-30-26)33-13-23-15-34(16-24(23)14-33)29(36)22-9-21(19-1-2-19)10-25(11-22)38-17-18-5-7-37-8-6-18/h9-11,18-20,23-24H,1-8,12-17H2,(H,30,31,32)/t20-,23+,24+/m1/s1. The summed E-state index contributed by atoms with van der Waals surface area (Å²) in [6, 6.07) is 6.18. The largest absolute Gasteiger partial charge is 0.493 e. The van der Waals surface area contributed by atoms with Crippen molar-refractivity contribution in [1.82, 2.24) is 25.2 Å². The molecule has 202 valence electrons. The number of carbonyl (C=O) groups excluding carboxylic acids is 2. The Kier molecular flexibility index (Phi) is 6.34. The first-order valence-corrected chi connectivity index (χ1v) is 14.4. The molecule has 0 spiro atoms. The number of hydrogen-bond donors (Lipinski definition) is 1. The number of nitrogens with one attached hydrogen (secondary N) is 1. The average Bonchev–Trinajstić information content (AvgIpc) is 3.37. The van der Waals surface area contributed by atoms with Gasteiger partial charge in [0, 0.05) is 69.1 Å². The minimum atomic E-state index is -0.00566. The number of amides is 2. The normalized spacial score (nSPS) is 27.3. The number of ether oxygens (including phenoxy) is 2. The lowest BCUT2D eigenvalue weighted by atomic mass is 9.89. The second kappa shape index (κ2) is 9.98. The summed E-state index contributed by atoms with van der Waals surface area (Å²) in [4.78, 5) is 31.0. The highest BCUT2D eigenvalue weighted by molar-refractivity contribution is 5.95. The molecule has 2 amide bonds. The summed E-state index contributed by atoms with van der Waals surface area (Å²) in [5.41, 5.74) is 3.99. The van der Waals surface area contributed by atoms with Gasteiger partial charge in [-0.05, 0) is 74.1 Å². The van der Waals surface area contributed by atoms with Gasteiger partial charge in [-0.1, -0.05) is 5.21 Å². The Bertz CT molecular complexity index is 1190. The fraction of sp³-hybridized carbons (Fsp3) is 0.655. The molecule has 9 nitrogen and oxygen atoms in total. The quantitative estimate of drug-likeness (QED) is 0.630. The van der Waals surface area contributed by atoms with Crippen molar-refractivity contribution >= 4 is 11.8 Å². The number of aromatic nitrogens is 3. The van der Waals surface area contributed by atoms with Gasteiger partial charge >= 0.3 is 0 Å². The summed E-state index contributed by atoms with van der Waals surface area (Å²) in [6.45, 7) is 5.23. The third-order valence-electron chi connectivity index (χ3n) is 9.37. The monoisotopic (exact) mass is 519 g/mol. The van der Waals surface area contributed by atoms with E-state index in [0.29, 0.717) is 36.7 Å². The molecule has 4 heterocycles. The van der Waals surface area contributed by atoms with E-state index in [-0.39, 0.29) is 17.7 Å². The molecule has 3 atom stereocenters. The summed E-state index contributed by atoms with van der Waals surface area (Å²) in [5.74, 6) is 2.93. The molecule has 5 aliphatic rings. The Hall–Kier alpha value is -2.94. The van der Waals surface area contributed by atoms with E-state index in [4.69, 9.17) is 9.47 Å². The lowest BCUT2D eigenvalue weighted by molar-refractivity contribution is -0.135. The summed E-state index contributed by atoms with van der Waals surface area (Å²) < 4.78 is 11.7. The van der Waals surface area contributed by atoms with Crippen LogP contribution in [0.25, 0.3) is 0 Å². The van der Waals surface area contributed by atoms with Crippen molar-refractivity contribution in [2.24, 2.45) is 23.7 Å². The Morgan fingerprint density at radius 2 is 1.74 bits per heavy atom. The molecule has 3 aliphatic heterocycles. The third kappa shape index (κ3) is 4.81. The highest BCUT2D eigenvalue weighted by Crippen LogP contribution is 2.42. The van der Waals surface area contributed by atoms with Crippen LogP contribution in [0.3, 0.4) is 0 Å². The fourth-order valence-electron chi connectivity index (χ4n) is 6.89. The van der Waals surface area contributed by atoms with Gasteiger partial charge in [0.1, 0.15) is 5.75 Å². The van der Waals surface area contributed by atoms with Crippen LogP contribution < -0.4 is 4.74 Å². The van der Waals surface area contributed by atoms with Crippen molar-refractivity contribution in [2.75, 3.05) is 46.0 Å². The van der Waals surface area contributed by atoms with Crippen LogP contribution in [0.5, 0.6) is 5.75 Å². The Balaban J connectivity index is 0.980. The van der Waals surface area contributed by atoms with Gasteiger partial charge in [-0.25, -0.2) is 0 Å². The molecule has 0 unspecified atom stereocenters. The van der Waals surface area contributed by atoms with E-state index >= 15 is 0 Å². The third-order valence-corrected chi connectivity index (χ3v) is 9.37. The molecule has 3 saturated heterocycles. The zero-order chi connectivity index (χ0) is 25.6. The zero-order valence-electron chi connectivity index (χ0n) is 21.9. The van der Waals surface area contributed by atoms with Crippen LogP contribution in [0.2, 0.25) is 0 Å². The van der Waals surface area contributed by atoms with E-state index in [1.165, 1.54) is 18.4 Å². The van der Waals surface area contributed by atoms with E-state index in [9.17, 15) is 9.59 Å². The van der Waals surface area contributed by atoms with Gasteiger partial charge in [-0.3, -0.25) is 14.7 Å². The highest BCUT2D eigenvalue weighted by Gasteiger charge is 2.44. The van der Waals surface area contributed by atoms with Crippen molar-refractivity contribution in [3.8, 4) is 5.75 Å². The first kappa shape index (κ1) is 24.1. The lowest BCUT2D eigenvalue weighted by Gasteiger charge is -2.27. The van der Waals surface area contributed by atoms with Crippen LogP contribution >= 0.6 is 0 Å². The molecule has 0 bridgehead atoms. The minimum Gasteiger partial charge on any atom is -0.493 e. The molecule has 7 rings (SSSR count). The van der Waals surface area contributed by atoms with E-state index in [1.54, 1.807) is 0 Å². The van der Waals surface area contributed by atoms with Gasteiger partial charge in [-0.15, -0.1) is 5.10 Å². The summed E-state index contributed by atoms with van der Waals surface area (Å²) in [5, 5.41) is 11.0. The SMILES string of the molecule is O=C(c1cc(OCC2CCOCC2)cc(C2CC2)c1)N1C[C@@H]2CN(C(=O)[C@@H]3CCc4[nH]nnc4C3)C[C@H]2C1. The number of likely N-dealkylation sites (tertiary alicyclic amines) is 2. The van der Waals surface area contributed by atoms with Crippen LogP contribution in [-0.4, -0.2) is 83.0 Å². The van der Waals surface area contributed by atoms with Crippen LogP contribution in [-0.2, 0) is 22.4 Å². The number of aryl methyl sites for hydroxylation is 1. The van der Waals surface area contributed by atoms with Gasteiger partial charge in [0.15, 0.2) is 0 Å². The lowest BCUT2D eigenvalue weighted by Crippen LogP contribution is -2.40. The molecule has 9 heteroatoms. The van der Waals surface area contributed by atoms with Gasteiger partial charge in [0.05, 0.1) is 18.0 Å². The number of H-pyrrole nitrogens is 1. The van der Waals surface area contributed by atoms with Crippen molar-refractivity contribution in [2.45, 2.75) is 50.9 Å². The summed E-state index contributed by atoms with van der Waals surface area (Å²) >= 11 is 0. The van der Waals surface area contributed by atoms with Crippen LogP contribution in [0.1, 0.15) is 65.3 Å². The Morgan fingerprint density at radius 1 is 0.974 bits per heavy atom. The predicted molar refractivity (Wildman–Crippen MR) is 139 cm³/mol. The van der Waals surface area contributed by atoms with Gasteiger partial charge < -0.3 is 19.3 Å².